The van der Waals surface area contributed by atoms with Gasteiger partial charge in [0.15, 0.2) is 0 Å². The van der Waals surface area contributed by atoms with Crippen LogP contribution in [0.15, 0.2) is 0 Å². The monoisotopic (exact) mass is 646 g/mol. The van der Waals surface area contributed by atoms with Crippen molar-refractivity contribution in [1.29, 1.82) is 0 Å². The summed E-state index contributed by atoms with van der Waals surface area (Å²) < 4.78 is 77.2. The summed E-state index contributed by atoms with van der Waals surface area (Å²) in [5, 5.41) is 0. The molecule has 13 heavy (non-hydrogen) atoms. The summed E-state index contributed by atoms with van der Waals surface area (Å²) in [6, 6.07) is 0. The van der Waals surface area contributed by atoms with Gasteiger partial charge < -0.3 is 30.9 Å². The summed E-state index contributed by atoms with van der Waals surface area (Å²) in [6.07, 6.45) is 0. The van der Waals surface area contributed by atoms with Gasteiger partial charge >= 0.3 is 24.4 Å². The van der Waals surface area contributed by atoms with E-state index in [1.54, 1.807) is 0 Å². The van der Waals surface area contributed by atoms with Crippen molar-refractivity contribution in [2.75, 3.05) is 0 Å². The fourth-order valence-corrected chi connectivity index (χ4v) is 0. The molecule has 0 amide bonds. The fraction of sp³-hybridized carbons (Fsp3) is 0. The molecule has 0 aromatic carbocycles. The molecule has 2 radical (unpaired) electrons. The largest absolute Gasteiger partial charge is 3.00 e. The Morgan fingerprint density at radius 2 is 0.385 bits per heavy atom. The minimum atomic E-state index is -4.01. The van der Waals surface area contributed by atoms with E-state index in [0.29, 0.717) is 0 Å². The van der Waals surface area contributed by atoms with E-state index in [9.17, 15) is 0 Å². The first-order chi connectivity index (χ1) is 5.20. The van der Waals surface area contributed by atoms with Gasteiger partial charge in [-0.2, -0.15) is 0 Å². The molecule has 0 atom stereocenters. The molecular weight excluding hydrogens is 646 g/mol. The zero-order valence-electron chi connectivity index (χ0n) is 5.26. The Kier molecular flexibility index (Phi) is 38.3. The molecule has 0 heterocycles. The Morgan fingerprint density at radius 3 is 0.385 bits per heavy atom. The van der Waals surface area contributed by atoms with Gasteiger partial charge in [0, 0.05) is 0 Å². The van der Waals surface area contributed by atoms with Crippen LogP contribution in [-0.4, -0.2) is 24.4 Å². The van der Waals surface area contributed by atoms with Crippen LogP contribution < -0.4 is 94.1 Å². The van der Waals surface area contributed by atoms with Crippen LogP contribution in [0.25, 0.3) is 0 Å². The normalized spacial score (nSPS) is 8.31. The van der Waals surface area contributed by atoms with E-state index < -0.39 is 63.2 Å². The van der Waals surface area contributed by atoms with Gasteiger partial charge in [0.25, 0.3) is 63.2 Å². The van der Waals surface area contributed by atoms with Crippen molar-refractivity contribution in [2.45, 2.75) is 0 Å². The van der Waals surface area contributed by atoms with E-state index in [2.05, 4.69) is 0 Å². The van der Waals surface area contributed by atoms with E-state index in [-0.39, 0.29) is 24.4 Å². The molecule has 0 bridgehead atoms. The summed E-state index contributed by atoms with van der Waals surface area (Å²) in [7, 11) is 0. The van der Waals surface area contributed by atoms with E-state index in [1.165, 1.54) is 0 Å². The molecule has 0 saturated carbocycles. The first-order valence-corrected chi connectivity index (χ1v) is 9.32. The Morgan fingerprint density at radius 1 is 0.385 bits per heavy atom. The van der Waals surface area contributed by atoms with Crippen LogP contribution in [-0.2, 0) is 0 Å². The van der Waals surface area contributed by atoms with Crippen LogP contribution in [0.3, 0.4) is 0 Å². The first kappa shape index (κ1) is 24.7. The van der Waals surface area contributed by atoms with Gasteiger partial charge in [-0.15, -0.1) is 0 Å². The van der Waals surface area contributed by atoms with Crippen molar-refractivity contribution in [1.82, 2.24) is 0 Å². The SMILES string of the molecule is [O-][I+2]([O-])[O-].[O-][I+2]([O-])[O-].[O-][I+2]([O-])[O-].[Sb+3]. The molecule has 0 aliphatic carbocycles. The third kappa shape index (κ3) is 334. The second-order valence-electron chi connectivity index (χ2n) is 0.567. The molecule has 0 fully saturated rings. The quantitative estimate of drug-likeness (QED) is 0.181. The number of halogens is 3. The molecule has 0 spiro atoms. The number of rotatable bonds is 0. The van der Waals surface area contributed by atoms with Crippen LogP contribution in [0.1, 0.15) is 0 Å². The Labute approximate surface area is 117 Å². The minimum absolute atomic E-state index is 0. The first-order valence-electron chi connectivity index (χ1n) is 1.39. The maximum absolute atomic E-state index is 8.57. The van der Waals surface area contributed by atoms with Gasteiger partial charge in [-0.25, -0.2) is 0 Å². The summed E-state index contributed by atoms with van der Waals surface area (Å²) in [5.74, 6) is 0. The van der Waals surface area contributed by atoms with Gasteiger partial charge in [0.05, 0.1) is 0 Å². The average Bonchev–Trinajstić information content (AvgIpc) is 1.54. The topological polar surface area (TPSA) is 208 Å². The second-order valence-corrected chi connectivity index (χ2v) is 3.80. The van der Waals surface area contributed by atoms with Gasteiger partial charge in [0.1, 0.15) is 0 Å². The second kappa shape index (κ2) is 20.1. The van der Waals surface area contributed by atoms with Crippen LogP contribution in [0.2, 0.25) is 0 Å². The molecule has 80 valence electrons. The van der Waals surface area contributed by atoms with E-state index in [4.69, 9.17) is 30.9 Å². The number of hydrogen-bond donors (Lipinski definition) is 0. The molecule has 0 aromatic heterocycles. The van der Waals surface area contributed by atoms with Crippen LogP contribution in [0.4, 0.5) is 0 Å². The molecule has 0 rings (SSSR count). The van der Waals surface area contributed by atoms with Crippen LogP contribution >= 0.6 is 0 Å². The predicted octanol–water partition coefficient (Wildman–Crippen LogP) is -20.1. The van der Waals surface area contributed by atoms with Crippen molar-refractivity contribution in [3.63, 3.8) is 0 Å². The third-order valence-corrected chi connectivity index (χ3v) is 0. The van der Waals surface area contributed by atoms with Crippen molar-refractivity contribution in [2.24, 2.45) is 0 Å². The third-order valence-electron chi connectivity index (χ3n) is 0. The summed E-state index contributed by atoms with van der Waals surface area (Å²) in [4.78, 5) is 0. The van der Waals surface area contributed by atoms with Gasteiger partial charge in [-0.1, -0.05) is 0 Å². The summed E-state index contributed by atoms with van der Waals surface area (Å²) in [6.45, 7) is 0. The van der Waals surface area contributed by atoms with E-state index >= 15 is 0 Å². The molecule has 9 nitrogen and oxygen atoms in total. The number of hydrogen-bond acceptors (Lipinski definition) is 9. The minimum Gasteiger partial charge on any atom is -0.427 e. The predicted molar refractivity (Wildman–Crippen MR) is 5.75 cm³/mol. The van der Waals surface area contributed by atoms with E-state index in [0.717, 1.165) is 0 Å². The van der Waals surface area contributed by atoms with Crippen molar-refractivity contribution in [3.8, 4) is 0 Å². The Bertz CT molecular complexity index is 43.4. The standard InChI is InChI=1S/3IO3.Sb/c3*2-1(3)4;/q3*-1;+3. The Balaban J connectivity index is -0.0000000450. The van der Waals surface area contributed by atoms with Crippen molar-refractivity contribution in [3.05, 3.63) is 0 Å². The maximum atomic E-state index is 8.57. The van der Waals surface area contributed by atoms with Crippen LogP contribution in [0, 0.1) is 0 Å². The molecule has 0 aliphatic heterocycles. The van der Waals surface area contributed by atoms with Gasteiger partial charge in [-0.05, 0) is 0 Å². The van der Waals surface area contributed by atoms with Gasteiger partial charge in [-0.3, -0.25) is 0 Å². The molecule has 0 N–H and O–H groups in total. The molecule has 0 unspecified atom stereocenters. The molecule has 0 aromatic rings. The zero-order valence-corrected chi connectivity index (χ0v) is 14.3. The Hall–Kier alpha value is 2.65. The van der Waals surface area contributed by atoms with Crippen LogP contribution in [0.5, 0.6) is 0 Å². The fourth-order valence-electron chi connectivity index (χ4n) is 0. The average molecular weight is 646 g/mol. The maximum Gasteiger partial charge on any atom is 3.00 e. The summed E-state index contributed by atoms with van der Waals surface area (Å²) >= 11 is -12.0. The molecule has 0 aliphatic rings. The summed E-state index contributed by atoms with van der Waals surface area (Å²) in [5.41, 5.74) is 0. The van der Waals surface area contributed by atoms with Gasteiger partial charge in [0.2, 0.25) is 0 Å². The van der Waals surface area contributed by atoms with Crippen molar-refractivity contribution >= 4 is 24.4 Å². The molecular formula is I3O9Sb. The molecule has 0 saturated heterocycles. The smallest absolute Gasteiger partial charge is 0.427 e. The molecule has 13 heteroatoms. The zero-order chi connectivity index (χ0) is 10.7. The van der Waals surface area contributed by atoms with E-state index in [1.807, 2.05) is 0 Å². The van der Waals surface area contributed by atoms with Crippen molar-refractivity contribution < 1.29 is 94.1 Å².